The molecule has 0 spiro atoms. The van der Waals surface area contributed by atoms with Crippen LogP contribution >= 0.6 is 0 Å². The van der Waals surface area contributed by atoms with Gasteiger partial charge in [-0.2, -0.15) is 0 Å². The van der Waals surface area contributed by atoms with Crippen LogP contribution in [0.3, 0.4) is 0 Å². The van der Waals surface area contributed by atoms with Gasteiger partial charge in [0.2, 0.25) is 5.88 Å². The molecule has 0 fully saturated rings. The average Bonchev–Trinajstić information content (AvgIpc) is 2.46. The van der Waals surface area contributed by atoms with Gasteiger partial charge in [0.1, 0.15) is 12.4 Å². The lowest BCUT2D eigenvalue weighted by atomic mass is 10.2. The Morgan fingerprint density at radius 3 is 2.95 bits per heavy atom. The molecule has 1 aromatic carbocycles. The number of rotatable bonds is 6. The lowest BCUT2D eigenvalue weighted by Crippen LogP contribution is -2.08. The maximum Gasteiger partial charge on any atom is 0.232 e. The van der Waals surface area contributed by atoms with E-state index in [4.69, 9.17) is 9.47 Å². The van der Waals surface area contributed by atoms with Crippen LogP contribution in [-0.2, 0) is 13.2 Å². The highest BCUT2D eigenvalue weighted by Gasteiger charge is 2.01. The second kappa shape index (κ2) is 6.70. The third-order valence-electron chi connectivity index (χ3n) is 2.54. The van der Waals surface area contributed by atoms with E-state index in [2.05, 4.69) is 15.3 Å². The van der Waals surface area contributed by atoms with Gasteiger partial charge in [0.25, 0.3) is 0 Å². The summed E-state index contributed by atoms with van der Waals surface area (Å²) in [5.41, 5.74) is 1.88. The summed E-state index contributed by atoms with van der Waals surface area (Å²) < 4.78 is 10.8. The molecule has 1 aromatic heterocycles. The Morgan fingerprint density at radius 2 is 2.16 bits per heavy atom. The lowest BCUT2D eigenvalue weighted by molar-refractivity contribution is 0.290. The topological polar surface area (TPSA) is 56.3 Å². The van der Waals surface area contributed by atoms with Crippen LogP contribution in [0, 0.1) is 0 Å². The molecule has 0 aliphatic heterocycles. The van der Waals surface area contributed by atoms with E-state index in [0.29, 0.717) is 19.0 Å². The van der Waals surface area contributed by atoms with Gasteiger partial charge in [0, 0.05) is 12.7 Å². The predicted molar refractivity (Wildman–Crippen MR) is 72.1 cm³/mol. The Labute approximate surface area is 112 Å². The molecule has 0 unspecified atom stereocenters. The highest BCUT2D eigenvalue weighted by Crippen LogP contribution is 2.14. The zero-order chi connectivity index (χ0) is 13.5. The molecule has 100 valence electrons. The van der Waals surface area contributed by atoms with Gasteiger partial charge in [-0.15, -0.1) is 0 Å². The van der Waals surface area contributed by atoms with Crippen molar-refractivity contribution in [1.82, 2.24) is 15.3 Å². The summed E-state index contributed by atoms with van der Waals surface area (Å²) in [6.07, 6.45) is 3.33. The van der Waals surface area contributed by atoms with Crippen LogP contribution in [0.5, 0.6) is 11.6 Å². The SMILES string of the molecule is CNCc1cncc(OCc2cccc(OC)c2)n1. The monoisotopic (exact) mass is 259 g/mol. The standard InChI is InChI=1S/C14H17N3O2/c1-15-7-12-8-16-9-14(17-12)19-10-11-4-3-5-13(6-11)18-2/h3-6,8-9,15H,7,10H2,1-2H3. The van der Waals surface area contributed by atoms with Crippen molar-refractivity contribution in [3.63, 3.8) is 0 Å². The Bertz CT molecular complexity index is 532. The molecule has 5 heteroatoms. The van der Waals surface area contributed by atoms with Crippen LogP contribution in [0.25, 0.3) is 0 Å². The number of nitrogens with one attached hydrogen (secondary N) is 1. The summed E-state index contributed by atoms with van der Waals surface area (Å²) in [5.74, 6) is 1.34. The zero-order valence-electron chi connectivity index (χ0n) is 11.1. The van der Waals surface area contributed by atoms with Gasteiger partial charge >= 0.3 is 0 Å². The molecule has 1 N–H and O–H groups in total. The molecule has 0 bridgehead atoms. The smallest absolute Gasteiger partial charge is 0.232 e. The molecule has 0 atom stereocenters. The van der Waals surface area contributed by atoms with Crippen LogP contribution in [0.2, 0.25) is 0 Å². The van der Waals surface area contributed by atoms with Crippen molar-refractivity contribution in [2.45, 2.75) is 13.2 Å². The van der Waals surface area contributed by atoms with E-state index >= 15 is 0 Å². The number of methoxy groups -OCH3 is 1. The quantitative estimate of drug-likeness (QED) is 0.857. The van der Waals surface area contributed by atoms with E-state index in [1.807, 2.05) is 31.3 Å². The summed E-state index contributed by atoms with van der Waals surface area (Å²) in [4.78, 5) is 8.44. The molecule has 0 saturated heterocycles. The average molecular weight is 259 g/mol. The van der Waals surface area contributed by atoms with Crippen molar-refractivity contribution < 1.29 is 9.47 Å². The fourth-order valence-corrected chi connectivity index (χ4v) is 1.64. The molecule has 2 rings (SSSR count). The van der Waals surface area contributed by atoms with Gasteiger partial charge in [-0.1, -0.05) is 12.1 Å². The fraction of sp³-hybridized carbons (Fsp3) is 0.286. The number of nitrogens with zero attached hydrogens (tertiary/aromatic N) is 2. The number of benzene rings is 1. The van der Waals surface area contributed by atoms with E-state index in [9.17, 15) is 0 Å². The third kappa shape index (κ3) is 3.93. The summed E-state index contributed by atoms with van der Waals surface area (Å²) in [6.45, 7) is 1.11. The summed E-state index contributed by atoms with van der Waals surface area (Å²) in [5, 5.41) is 3.03. The summed E-state index contributed by atoms with van der Waals surface area (Å²) in [7, 11) is 3.51. The Hall–Kier alpha value is -2.14. The first kappa shape index (κ1) is 13.3. The molecular formula is C14H17N3O2. The van der Waals surface area contributed by atoms with Crippen LogP contribution in [-0.4, -0.2) is 24.1 Å². The molecular weight excluding hydrogens is 242 g/mol. The van der Waals surface area contributed by atoms with Gasteiger partial charge in [0.05, 0.1) is 19.0 Å². The van der Waals surface area contributed by atoms with Gasteiger partial charge < -0.3 is 14.8 Å². The lowest BCUT2D eigenvalue weighted by Gasteiger charge is -2.07. The molecule has 19 heavy (non-hydrogen) atoms. The van der Waals surface area contributed by atoms with Crippen molar-refractivity contribution >= 4 is 0 Å². The Balaban J connectivity index is 1.99. The van der Waals surface area contributed by atoms with Crippen LogP contribution in [0.4, 0.5) is 0 Å². The number of aromatic nitrogens is 2. The zero-order valence-corrected chi connectivity index (χ0v) is 11.1. The molecule has 0 amide bonds. The second-order valence-corrected chi connectivity index (χ2v) is 4.02. The minimum Gasteiger partial charge on any atom is -0.497 e. The van der Waals surface area contributed by atoms with Crippen LogP contribution in [0.15, 0.2) is 36.7 Å². The molecule has 0 radical (unpaired) electrons. The van der Waals surface area contributed by atoms with E-state index < -0.39 is 0 Å². The van der Waals surface area contributed by atoms with Gasteiger partial charge in [-0.3, -0.25) is 4.98 Å². The van der Waals surface area contributed by atoms with Crippen molar-refractivity contribution in [2.24, 2.45) is 0 Å². The summed E-state index contributed by atoms with van der Waals surface area (Å²) >= 11 is 0. The van der Waals surface area contributed by atoms with E-state index in [1.54, 1.807) is 19.5 Å². The van der Waals surface area contributed by atoms with Crippen LogP contribution < -0.4 is 14.8 Å². The second-order valence-electron chi connectivity index (χ2n) is 4.02. The maximum atomic E-state index is 5.62. The van der Waals surface area contributed by atoms with Crippen molar-refractivity contribution in [3.8, 4) is 11.6 Å². The fourth-order valence-electron chi connectivity index (χ4n) is 1.64. The van der Waals surface area contributed by atoms with E-state index in [-0.39, 0.29) is 0 Å². The van der Waals surface area contributed by atoms with Crippen molar-refractivity contribution in [2.75, 3.05) is 14.2 Å². The molecule has 0 aliphatic carbocycles. The number of hydrogen-bond donors (Lipinski definition) is 1. The van der Waals surface area contributed by atoms with Gasteiger partial charge in [-0.05, 0) is 24.7 Å². The normalized spacial score (nSPS) is 10.2. The molecule has 0 saturated carbocycles. The summed E-state index contributed by atoms with van der Waals surface area (Å²) in [6, 6.07) is 7.75. The molecule has 2 aromatic rings. The van der Waals surface area contributed by atoms with Crippen LogP contribution in [0.1, 0.15) is 11.3 Å². The van der Waals surface area contributed by atoms with Gasteiger partial charge in [-0.25, -0.2) is 4.98 Å². The van der Waals surface area contributed by atoms with E-state index in [0.717, 1.165) is 17.0 Å². The Morgan fingerprint density at radius 1 is 1.26 bits per heavy atom. The highest BCUT2D eigenvalue weighted by molar-refractivity contribution is 5.28. The van der Waals surface area contributed by atoms with E-state index in [1.165, 1.54) is 0 Å². The largest absolute Gasteiger partial charge is 0.497 e. The number of hydrogen-bond acceptors (Lipinski definition) is 5. The molecule has 0 aliphatic rings. The Kier molecular flexibility index (Phi) is 4.69. The van der Waals surface area contributed by atoms with Crippen molar-refractivity contribution in [1.29, 1.82) is 0 Å². The minimum atomic E-state index is 0.439. The van der Waals surface area contributed by atoms with Crippen molar-refractivity contribution in [3.05, 3.63) is 47.9 Å². The first-order valence-corrected chi connectivity index (χ1v) is 6.03. The first-order chi connectivity index (χ1) is 9.31. The highest BCUT2D eigenvalue weighted by atomic mass is 16.5. The third-order valence-corrected chi connectivity index (χ3v) is 2.54. The maximum absolute atomic E-state index is 5.62. The molecule has 5 nitrogen and oxygen atoms in total. The predicted octanol–water partition coefficient (Wildman–Crippen LogP) is 1.78. The van der Waals surface area contributed by atoms with Gasteiger partial charge in [0.15, 0.2) is 0 Å². The first-order valence-electron chi connectivity index (χ1n) is 6.03. The minimum absolute atomic E-state index is 0.439. The number of ether oxygens (including phenoxy) is 2. The molecule has 1 heterocycles.